The van der Waals surface area contributed by atoms with E-state index in [9.17, 15) is 9.59 Å². The van der Waals surface area contributed by atoms with Crippen LogP contribution in [0.4, 0.5) is 5.69 Å². The van der Waals surface area contributed by atoms with E-state index in [1.807, 2.05) is 24.3 Å². The zero-order valence-corrected chi connectivity index (χ0v) is 17.4. The van der Waals surface area contributed by atoms with Crippen LogP contribution in [0.2, 0.25) is 0 Å². The van der Waals surface area contributed by atoms with Crippen LogP contribution >= 0.6 is 11.3 Å². The molecule has 1 aromatic carbocycles. The maximum absolute atomic E-state index is 13.0. The van der Waals surface area contributed by atoms with E-state index in [1.165, 1.54) is 27.8 Å². The van der Waals surface area contributed by atoms with Gasteiger partial charge in [0.25, 0.3) is 5.56 Å². The van der Waals surface area contributed by atoms with Gasteiger partial charge in [-0.3, -0.25) is 14.2 Å². The Morgan fingerprint density at radius 3 is 2.61 bits per heavy atom. The lowest BCUT2D eigenvalue weighted by molar-refractivity contribution is -0.116. The number of carbonyl (C=O) groups is 1. The van der Waals surface area contributed by atoms with Crippen molar-refractivity contribution < 1.29 is 4.79 Å². The molecule has 4 rings (SSSR count). The highest BCUT2D eigenvalue weighted by Crippen LogP contribution is 2.33. The molecule has 146 valence electrons. The summed E-state index contributed by atoms with van der Waals surface area (Å²) in [5, 5.41) is 3.59. The average Bonchev–Trinajstić information content (AvgIpc) is 3.03. The molecule has 1 aliphatic rings. The number of thiophene rings is 1. The van der Waals surface area contributed by atoms with Gasteiger partial charge in [-0.25, -0.2) is 4.98 Å². The third-order valence-electron chi connectivity index (χ3n) is 5.29. The van der Waals surface area contributed by atoms with Crippen LogP contribution in [0.3, 0.4) is 0 Å². The molecule has 6 heteroatoms. The van der Waals surface area contributed by atoms with Gasteiger partial charge in [-0.05, 0) is 54.4 Å². The molecule has 0 radical (unpaired) electrons. The Kier molecular flexibility index (Phi) is 4.83. The van der Waals surface area contributed by atoms with Gasteiger partial charge in [0.2, 0.25) is 5.91 Å². The minimum Gasteiger partial charge on any atom is -0.325 e. The minimum absolute atomic E-state index is 0.0343. The molecule has 2 aromatic heterocycles. The molecule has 0 saturated heterocycles. The molecule has 1 N–H and O–H groups in total. The quantitative estimate of drug-likeness (QED) is 0.720. The number of nitrogens with one attached hydrogen (secondary N) is 1. The number of aryl methyl sites for hydroxylation is 2. The molecular weight excluding hydrogens is 370 g/mol. The highest BCUT2D eigenvalue weighted by Gasteiger charge is 2.20. The van der Waals surface area contributed by atoms with Gasteiger partial charge in [-0.2, -0.15) is 0 Å². The number of hydrogen-bond acceptors (Lipinski definition) is 4. The van der Waals surface area contributed by atoms with Crippen molar-refractivity contribution in [2.75, 3.05) is 5.32 Å². The Morgan fingerprint density at radius 1 is 1.18 bits per heavy atom. The van der Waals surface area contributed by atoms with E-state index >= 15 is 0 Å². The van der Waals surface area contributed by atoms with Crippen LogP contribution in [0.15, 0.2) is 35.4 Å². The van der Waals surface area contributed by atoms with Gasteiger partial charge in [0.05, 0.1) is 11.7 Å². The van der Waals surface area contributed by atoms with Crippen LogP contribution in [0.5, 0.6) is 0 Å². The van der Waals surface area contributed by atoms with Crippen LogP contribution in [-0.4, -0.2) is 15.5 Å². The second-order valence-electron chi connectivity index (χ2n) is 8.44. The molecule has 2 heterocycles. The smallest absolute Gasteiger partial charge is 0.262 e. The molecule has 0 saturated carbocycles. The monoisotopic (exact) mass is 395 g/mol. The molecular formula is C22H25N3O2S. The van der Waals surface area contributed by atoms with Crippen LogP contribution in [0.25, 0.3) is 10.2 Å². The van der Waals surface area contributed by atoms with Crippen LogP contribution in [0.1, 0.15) is 49.6 Å². The van der Waals surface area contributed by atoms with Crippen molar-refractivity contribution in [2.24, 2.45) is 0 Å². The number of benzene rings is 1. The van der Waals surface area contributed by atoms with E-state index in [1.54, 1.807) is 11.3 Å². The lowest BCUT2D eigenvalue weighted by Gasteiger charge is -2.19. The number of fused-ring (bicyclic) bond motifs is 3. The van der Waals surface area contributed by atoms with Crippen molar-refractivity contribution in [3.63, 3.8) is 0 Å². The molecule has 0 atom stereocenters. The van der Waals surface area contributed by atoms with Gasteiger partial charge in [0.1, 0.15) is 11.4 Å². The Hall–Kier alpha value is -2.47. The zero-order valence-electron chi connectivity index (χ0n) is 16.5. The van der Waals surface area contributed by atoms with Crippen LogP contribution in [0, 0.1) is 0 Å². The first-order valence-electron chi connectivity index (χ1n) is 9.73. The SMILES string of the molecule is CC(C)(C)c1ccc(NC(=O)Cn2cnc3sc4c(c3c2=O)CCCC4)cc1. The van der Waals surface area contributed by atoms with E-state index in [4.69, 9.17) is 0 Å². The summed E-state index contributed by atoms with van der Waals surface area (Å²) in [6.07, 6.45) is 5.74. The summed E-state index contributed by atoms with van der Waals surface area (Å²) in [6.45, 7) is 6.42. The number of carbonyl (C=O) groups excluding carboxylic acids is 1. The summed E-state index contributed by atoms with van der Waals surface area (Å²) in [6, 6.07) is 7.84. The summed E-state index contributed by atoms with van der Waals surface area (Å²) < 4.78 is 1.42. The molecule has 0 aliphatic heterocycles. The Labute approximate surface area is 168 Å². The van der Waals surface area contributed by atoms with Crippen molar-refractivity contribution in [1.29, 1.82) is 0 Å². The highest BCUT2D eigenvalue weighted by molar-refractivity contribution is 7.18. The number of hydrogen-bond donors (Lipinski definition) is 1. The molecule has 0 unspecified atom stereocenters. The van der Waals surface area contributed by atoms with Gasteiger partial charge < -0.3 is 5.32 Å². The fraction of sp³-hybridized carbons (Fsp3) is 0.409. The average molecular weight is 396 g/mol. The first-order chi connectivity index (χ1) is 13.3. The summed E-state index contributed by atoms with van der Waals surface area (Å²) in [7, 11) is 0. The van der Waals surface area contributed by atoms with Crippen LogP contribution in [-0.2, 0) is 29.6 Å². The Bertz CT molecular complexity index is 1090. The fourth-order valence-electron chi connectivity index (χ4n) is 3.70. The normalized spacial score (nSPS) is 14.1. The Balaban J connectivity index is 1.54. The summed E-state index contributed by atoms with van der Waals surface area (Å²) in [5.74, 6) is -0.226. The number of rotatable bonds is 3. The predicted octanol–water partition coefficient (Wildman–Crippen LogP) is 4.27. The van der Waals surface area contributed by atoms with E-state index in [2.05, 4.69) is 31.1 Å². The predicted molar refractivity (Wildman–Crippen MR) is 114 cm³/mol. The first kappa shape index (κ1) is 18.9. The minimum atomic E-state index is -0.226. The molecule has 1 aliphatic carbocycles. The molecule has 0 spiro atoms. The molecule has 1 amide bonds. The van der Waals surface area contributed by atoms with Gasteiger partial charge in [0, 0.05) is 10.6 Å². The first-order valence-corrected chi connectivity index (χ1v) is 10.5. The maximum atomic E-state index is 13.0. The van der Waals surface area contributed by atoms with E-state index in [-0.39, 0.29) is 23.4 Å². The molecule has 0 fully saturated rings. The van der Waals surface area contributed by atoms with Crippen LogP contribution < -0.4 is 10.9 Å². The standard InChI is InChI=1S/C22H25N3O2S/c1-22(2,3)14-8-10-15(11-9-14)24-18(26)12-25-13-23-20-19(21(25)27)16-6-4-5-7-17(16)28-20/h8-11,13H,4-7,12H2,1-3H3,(H,24,26). The van der Waals surface area contributed by atoms with Crippen molar-refractivity contribution in [1.82, 2.24) is 9.55 Å². The van der Waals surface area contributed by atoms with Crippen molar-refractivity contribution in [2.45, 2.75) is 58.4 Å². The topological polar surface area (TPSA) is 64.0 Å². The van der Waals surface area contributed by atoms with Gasteiger partial charge in [-0.15, -0.1) is 11.3 Å². The maximum Gasteiger partial charge on any atom is 0.262 e. The van der Waals surface area contributed by atoms with Crippen molar-refractivity contribution in [3.05, 3.63) is 57.0 Å². The summed E-state index contributed by atoms with van der Waals surface area (Å²) in [5.41, 5.74) is 3.04. The second kappa shape index (κ2) is 7.17. The zero-order chi connectivity index (χ0) is 19.9. The number of aromatic nitrogens is 2. The van der Waals surface area contributed by atoms with Crippen molar-refractivity contribution >= 4 is 33.1 Å². The third kappa shape index (κ3) is 3.61. The number of amides is 1. The summed E-state index contributed by atoms with van der Waals surface area (Å²) in [4.78, 5) is 32.0. The van der Waals surface area contributed by atoms with E-state index in [0.29, 0.717) is 5.39 Å². The molecule has 0 bridgehead atoms. The molecule has 5 nitrogen and oxygen atoms in total. The second-order valence-corrected chi connectivity index (χ2v) is 9.53. The van der Waals surface area contributed by atoms with E-state index in [0.717, 1.165) is 35.3 Å². The number of nitrogens with zero attached hydrogens (tertiary/aromatic N) is 2. The summed E-state index contributed by atoms with van der Waals surface area (Å²) >= 11 is 1.62. The van der Waals surface area contributed by atoms with E-state index < -0.39 is 0 Å². The lowest BCUT2D eigenvalue weighted by Crippen LogP contribution is -2.28. The van der Waals surface area contributed by atoms with Gasteiger partial charge in [0.15, 0.2) is 0 Å². The molecule has 3 aromatic rings. The highest BCUT2D eigenvalue weighted by atomic mass is 32.1. The number of anilines is 1. The van der Waals surface area contributed by atoms with Crippen molar-refractivity contribution in [3.8, 4) is 0 Å². The molecule has 28 heavy (non-hydrogen) atoms. The van der Waals surface area contributed by atoms with Gasteiger partial charge >= 0.3 is 0 Å². The third-order valence-corrected chi connectivity index (χ3v) is 6.49. The lowest BCUT2D eigenvalue weighted by atomic mass is 9.87. The Morgan fingerprint density at radius 2 is 1.89 bits per heavy atom. The largest absolute Gasteiger partial charge is 0.325 e. The van der Waals surface area contributed by atoms with Gasteiger partial charge in [-0.1, -0.05) is 32.9 Å². The fourth-order valence-corrected chi connectivity index (χ4v) is 4.92.